The summed E-state index contributed by atoms with van der Waals surface area (Å²) in [6.45, 7) is 65.9. The van der Waals surface area contributed by atoms with Crippen LogP contribution in [-0.2, 0) is 31.0 Å². The summed E-state index contributed by atoms with van der Waals surface area (Å²) >= 11 is 0. The van der Waals surface area contributed by atoms with Crippen molar-refractivity contribution in [1.82, 2.24) is 12.7 Å². The van der Waals surface area contributed by atoms with Gasteiger partial charge in [0, 0.05) is 65.4 Å². The number of nitrogens with zero attached hydrogens (tertiary/aromatic N) is 3. The average molecular weight is 1220 g/mol. The van der Waals surface area contributed by atoms with Crippen LogP contribution in [0.3, 0.4) is 0 Å². The monoisotopic (exact) mass is 1220 g/mol. The van der Waals surface area contributed by atoms with Crippen molar-refractivity contribution >= 4 is 75.3 Å². The topological polar surface area (TPSA) is 74.3 Å². The molecular weight excluding hydrogens is 1080 g/mol. The minimum atomic E-state index is -2.59. The largest absolute Gasteiger partial charge is 0.502 e. The standard InChI is InChI=1S/C20H49NO3Si3.C19H47NO2Si3.C17H43NO2Si3/c1-10-22-27(23-11-2,24-12-3)20-19-21(25(13-4,14-5)15-6)26(16-7,17-8)18-9;1-10-21-23(9,22-11-2)19-18-20(24(12-3,13-4)14-5)25(15-6,16-7)17-8;1-10-22(11-2,12-3)18(23(13-4,14-5)15-6)16-17-21(9,19-7)20-8/h10-20H2,1-9H3;10-19H2,1-9H3;10-17H2,1-9H3. The Balaban J connectivity index is -0.00000104. The summed E-state index contributed by atoms with van der Waals surface area (Å²) in [6.07, 6.45) is 0. The van der Waals surface area contributed by atoms with Crippen LogP contribution in [0.4, 0.5) is 0 Å². The zero-order valence-corrected chi connectivity index (χ0v) is 65.2. The van der Waals surface area contributed by atoms with Crippen LogP contribution in [0.2, 0.25) is 140 Å². The molecule has 0 fully saturated rings. The normalized spacial score (nSPS) is 13.7. The number of hydrogen-bond donors (Lipinski definition) is 0. The summed E-state index contributed by atoms with van der Waals surface area (Å²) in [7, 11) is -11.4. The Morgan fingerprint density at radius 2 is 0.413 bits per heavy atom. The van der Waals surface area contributed by atoms with Crippen LogP contribution in [-0.4, -0.2) is 155 Å². The molecule has 10 nitrogen and oxygen atoms in total. The molecule has 0 rings (SSSR count). The van der Waals surface area contributed by atoms with Gasteiger partial charge in [-0.05, 0) is 176 Å². The van der Waals surface area contributed by atoms with E-state index >= 15 is 0 Å². The lowest BCUT2D eigenvalue weighted by molar-refractivity contribution is 0.0707. The summed E-state index contributed by atoms with van der Waals surface area (Å²) in [5.41, 5.74) is 0. The fraction of sp³-hybridized carbons (Fsp3) is 1.00. The van der Waals surface area contributed by atoms with Gasteiger partial charge in [-0.1, -0.05) is 125 Å². The third-order valence-electron chi connectivity index (χ3n) is 20.4. The van der Waals surface area contributed by atoms with Crippen LogP contribution in [0, 0.1) is 0 Å². The van der Waals surface area contributed by atoms with E-state index in [0.717, 1.165) is 37.9 Å². The molecule has 0 aliphatic heterocycles. The number of rotatable bonds is 45. The molecule has 0 radical (unpaired) electrons. The minimum Gasteiger partial charge on any atom is -0.398 e. The molecule has 0 saturated carbocycles. The van der Waals surface area contributed by atoms with E-state index in [4.69, 9.17) is 31.0 Å². The van der Waals surface area contributed by atoms with Crippen LogP contribution in [0.25, 0.3) is 0 Å². The molecule has 0 aliphatic rings. The van der Waals surface area contributed by atoms with E-state index in [-0.39, 0.29) is 0 Å². The second-order valence-corrected chi connectivity index (χ2v) is 63.6. The lowest BCUT2D eigenvalue weighted by Gasteiger charge is -2.53. The van der Waals surface area contributed by atoms with Crippen molar-refractivity contribution in [2.75, 3.05) is 66.9 Å². The van der Waals surface area contributed by atoms with Gasteiger partial charge in [0.1, 0.15) is 49.4 Å². The molecule has 0 heterocycles. The van der Waals surface area contributed by atoms with Gasteiger partial charge in [0.15, 0.2) is 0 Å². The summed E-state index contributed by atoms with van der Waals surface area (Å²) in [5, 5.41) is 0. The Morgan fingerprint density at radius 1 is 0.240 bits per heavy atom. The molecular formula is C56H139N3O7Si9. The molecule has 75 heavy (non-hydrogen) atoms. The molecule has 0 amide bonds. The maximum Gasteiger partial charge on any atom is 0.502 e. The van der Waals surface area contributed by atoms with E-state index in [2.05, 4.69) is 185 Å². The van der Waals surface area contributed by atoms with Crippen LogP contribution in [0.15, 0.2) is 0 Å². The van der Waals surface area contributed by atoms with E-state index in [9.17, 15) is 0 Å². The quantitative estimate of drug-likeness (QED) is 0.0551. The highest BCUT2D eigenvalue weighted by Gasteiger charge is 2.51. The third kappa shape index (κ3) is 22.2. The van der Waals surface area contributed by atoms with E-state index < -0.39 is 75.3 Å². The fourth-order valence-electron chi connectivity index (χ4n) is 13.8. The smallest absolute Gasteiger partial charge is 0.398 e. The Labute approximate surface area is 482 Å². The van der Waals surface area contributed by atoms with E-state index in [1.165, 1.54) is 122 Å². The van der Waals surface area contributed by atoms with Gasteiger partial charge in [0.2, 0.25) is 0 Å². The first-order valence-corrected chi connectivity index (χ1v) is 54.6. The predicted octanol–water partition coefficient (Wildman–Crippen LogP) is 18.5. The van der Waals surface area contributed by atoms with Gasteiger partial charge in [-0.2, -0.15) is 0 Å². The van der Waals surface area contributed by atoms with Crippen LogP contribution >= 0.6 is 0 Å². The highest BCUT2D eigenvalue weighted by Crippen LogP contribution is 2.40. The van der Waals surface area contributed by atoms with Crippen LogP contribution in [0.1, 0.15) is 159 Å². The molecule has 0 aromatic carbocycles. The van der Waals surface area contributed by atoms with Gasteiger partial charge in [-0.3, -0.25) is 0 Å². The summed E-state index contributed by atoms with van der Waals surface area (Å²) < 4.78 is 51.9. The van der Waals surface area contributed by atoms with Gasteiger partial charge in [-0.15, -0.1) is 0 Å². The van der Waals surface area contributed by atoms with Crippen molar-refractivity contribution in [2.24, 2.45) is 0 Å². The molecule has 0 unspecified atom stereocenters. The van der Waals surface area contributed by atoms with Gasteiger partial charge in [0.05, 0.1) is 0 Å². The minimum absolute atomic E-state index is 0.669. The molecule has 0 aromatic heterocycles. The van der Waals surface area contributed by atoms with E-state index in [0.29, 0.717) is 19.8 Å². The lowest BCUT2D eigenvalue weighted by atomic mass is 10.8. The van der Waals surface area contributed by atoms with Crippen molar-refractivity contribution in [1.29, 1.82) is 0 Å². The highest BCUT2D eigenvalue weighted by molar-refractivity contribution is 6.94. The first-order chi connectivity index (χ1) is 35.5. The molecule has 0 aromatic rings. The second-order valence-electron chi connectivity index (χ2n) is 21.9. The zero-order chi connectivity index (χ0) is 58.7. The Bertz CT molecular complexity index is 1220. The summed E-state index contributed by atoms with van der Waals surface area (Å²) in [4.78, 5) is 0. The maximum absolute atomic E-state index is 6.19. The molecule has 0 atom stereocenters. The maximum atomic E-state index is 6.19. The molecule has 0 aliphatic carbocycles. The average Bonchev–Trinajstić information content (AvgIpc) is 3.44. The lowest BCUT2D eigenvalue weighted by Crippen LogP contribution is -2.67. The van der Waals surface area contributed by atoms with Crippen molar-refractivity contribution in [3.05, 3.63) is 0 Å². The molecule has 0 bridgehead atoms. The fourth-order valence-corrected chi connectivity index (χ4v) is 61.1. The van der Waals surface area contributed by atoms with Crippen molar-refractivity contribution < 1.29 is 31.0 Å². The van der Waals surface area contributed by atoms with Crippen LogP contribution < -0.4 is 0 Å². The third-order valence-corrected chi connectivity index (χ3v) is 69.6. The Kier molecular flexibility index (Phi) is 44.7. The van der Waals surface area contributed by atoms with Gasteiger partial charge >= 0.3 is 25.9 Å². The molecule has 0 N–H and O–H groups in total. The predicted molar refractivity (Wildman–Crippen MR) is 359 cm³/mol. The summed E-state index contributed by atoms with van der Waals surface area (Å²) in [6, 6.07) is 27.9. The highest BCUT2D eigenvalue weighted by atomic mass is 28.4. The van der Waals surface area contributed by atoms with Gasteiger partial charge in [-0.25, -0.2) is 0 Å². The van der Waals surface area contributed by atoms with Crippen molar-refractivity contribution in [2.45, 2.75) is 299 Å². The number of hydrogen-bond acceptors (Lipinski definition) is 10. The first-order valence-electron chi connectivity index (χ1n) is 32.2. The van der Waals surface area contributed by atoms with Crippen molar-refractivity contribution in [3.8, 4) is 0 Å². The Hall–Kier alpha value is 1.55. The molecule has 456 valence electrons. The van der Waals surface area contributed by atoms with E-state index in [1.807, 2.05) is 14.2 Å². The van der Waals surface area contributed by atoms with Gasteiger partial charge < -0.3 is 43.7 Å². The SMILES string of the molecule is CCO[Si](C)(CCN([Si](CC)(CC)CC)[Si](CC)(CC)CC)OCC.CCO[Si](CCN([Si](CC)(CC)CC)[Si](CC)(CC)CC)(OCC)OCC.CC[Si](CC)(CC)N(CC[Si](C)(OC)OC)[Si](CC)(CC)CC. The van der Waals surface area contributed by atoms with Gasteiger partial charge in [0.25, 0.3) is 0 Å². The molecule has 19 heteroatoms. The zero-order valence-electron chi connectivity index (χ0n) is 56.2. The second kappa shape index (κ2) is 41.5. The van der Waals surface area contributed by atoms with E-state index in [1.54, 1.807) is 0 Å². The summed E-state index contributed by atoms with van der Waals surface area (Å²) in [5.74, 6) is 0. The van der Waals surface area contributed by atoms with Crippen molar-refractivity contribution in [3.63, 3.8) is 0 Å². The molecule has 0 spiro atoms. The first kappa shape index (κ1) is 80.8. The Morgan fingerprint density at radius 3 is 0.573 bits per heavy atom. The van der Waals surface area contributed by atoms with Crippen LogP contribution in [0.5, 0.6) is 0 Å². The molecule has 0 saturated heterocycles.